The largest absolute Gasteiger partial charge is 0.481 e. The van der Waals surface area contributed by atoms with Gasteiger partial charge in [-0.3, -0.25) is 9.59 Å². The van der Waals surface area contributed by atoms with Gasteiger partial charge >= 0.3 is 11.9 Å². The third-order valence-electron chi connectivity index (χ3n) is 3.04. The first-order chi connectivity index (χ1) is 9.36. The lowest BCUT2D eigenvalue weighted by Crippen LogP contribution is -2.40. The zero-order valence-corrected chi connectivity index (χ0v) is 11.8. The van der Waals surface area contributed by atoms with Crippen LogP contribution in [0.2, 0.25) is 0 Å². The summed E-state index contributed by atoms with van der Waals surface area (Å²) in [6.45, 7) is 2.55. The standard InChI is InChI=1S/C13H24N2O5/c1-9(7-8-14)5-6-11(16)15-10(13(19)20)3-2-4-12(17)18/h9-10H,2-8,14H2,1H3,(H,15,16)(H,17,18)(H,19,20)/t9?,10-/m1/s1. The van der Waals surface area contributed by atoms with Gasteiger partial charge in [0.15, 0.2) is 0 Å². The smallest absolute Gasteiger partial charge is 0.326 e. The van der Waals surface area contributed by atoms with Crippen molar-refractivity contribution in [3.63, 3.8) is 0 Å². The van der Waals surface area contributed by atoms with Crippen LogP contribution in [0.25, 0.3) is 0 Å². The van der Waals surface area contributed by atoms with Gasteiger partial charge in [0.1, 0.15) is 6.04 Å². The number of carbonyl (C=O) groups is 3. The van der Waals surface area contributed by atoms with E-state index < -0.39 is 18.0 Å². The molecule has 0 radical (unpaired) electrons. The Morgan fingerprint density at radius 3 is 2.25 bits per heavy atom. The monoisotopic (exact) mass is 288 g/mol. The molecule has 2 atom stereocenters. The van der Waals surface area contributed by atoms with E-state index in [0.717, 1.165) is 6.42 Å². The summed E-state index contributed by atoms with van der Waals surface area (Å²) in [5, 5.41) is 19.9. The molecule has 0 bridgehead atoms. The first kappa shape index (κ1) is 18.4. The van der Waals surface area contributed by atoms with E-state index in [9.17, 15) is 14.4 Å². The Morgan fingerprint density at radius 1 is 1.10 bits per heavy atom. The molecule has 0 aromatic heterocycles. The average Bonchev–Trinajstić information content (AvgIpc) is 2.35. The molecule has 7 nitrogen and oxygen atoms in total. The summed E-state index contributed by atoms with van der Waals surface area (Å²) in [6.07, 6.45) is 1.97. The molecule has 0 heterocycles. The molecule has 1 amide bonds. The third kappa shape index (κ3) is 9.32. The number of nitrogens with two attached hydrogens (primary N) is 1. The van der Waals surface area contributed by atoms with Crippen LogP contribution < -0.4 is 11.1 Å². The van der Waals surface area contributed by atoms with Crippen molar-refractivity contribution in [2.24, 2.45) is 11.7 Å². The molecule has 0 aliphatic heterocycles. The fourth-order valence-corrected chi connectivity index (χ4v) is 1.79. The van der Waals surface area contributed by atoms with E-state index in [4.69, 9.17) is 15.9 Å². The van der Waals surface area contributed by atoms with Gasteiger partial charge in [-0.2, -0.15) is 0 Å². The van der Waals surface area contributed by atoms with Crippen molar-refractivity contribution in [1.29, 1.82) is 0 Å². The molecule has 0 aliphatic carbocycles. The predicted octanol–water partition coefficient (Wildman–Crippen LogP) is 0.576. The fourth-order valence-electron chi connectivity index (χ4n) is 1.79. The van der Waals surface area contributed by atoms with Gasteiger partial charge in [-0.05, 0) is 38.1 Å². The molecular weight excluding hydrogens is 264 g/mol. The molecule has 0 aromatic rings. The van der Waals surface area contributed by atoms with Gasteiger partial charge in [0.2, 0.25) is 5.91 Å². The number of amides is 1. The number of aliphatic carboxylic acids is 2. The second kappa shape index (κ2) is 10.2. The molecule has 0 rings (SSSR count). The maximum absolute atomic E-state index is 11.6. The van der Waals surface area contributed by atoms with Crippen molar-refractivity contribution < 1.29 is 24.6 Å². The quantitative estimate of drug-likeness (QED) is 0.440. The summed E-state index contributed by atoms with van der Waals surface area (Å²) in [7, 11) is 0. The lowest BCUT2D eigenvalue weighted by atomic mass is 10.0. The normalized spacial score (nSPS) is 13.5. The maximum Gasteiger partial charge on any atom is 0.326 e. The fraction of sp³-hybridized carbons (Fsp3) is 0.769. The molecule has 20 heavy (non-hydrogen) atoms. The second-order valence-electron chi connectivity index (χ2n) is 4.97. The topological polar surface area (TPSA) is 130 Å². The van der Waals surface area contributed by atoms with Crippen molar-refractivity contribution >= 4 is 17.8 Å². The Morgan fingerprint density at radius 2 is 1.75 bits per heavy atom. The summed E-state index contributed by atoms with van der Waals surface area (Å²) < 4.78 is 0. The number of carbonyl (C=O) groups excluding carboxylic acids is 1. The predicted molar refractivity (Wildman–Crippen MR) is 73.1 cm³/mol. The molecule has 0 fully saturated rings. The van der Waals surface area contributed by atoms with Crippen molar-refractivity contribution in [1.82, 2.24) is 5.32 Å². The minimum atomic E-state index is -1.14. The van der Waals surface area contributed by atoms with Gasteiger partial charge in [0.05, 0.1) is 0 Å². The zero-order valence-electron chi connectivity index (χ0n) is 11.8. The summed E-state index contributed by atoms with van der Waals surface area (Å²) in [6, 6.07) is -1.02. The zero-order chi connectivity index (χ0) is 15.5. The van der Waals surface area contributed by atoms with Crippen LogP contribution in [0.3, 0.4) is 0 Å². The van der Waals surface area contributed by atoms with Gasteiger partial charge < -0.3 is 21.3 Å². The van der Waals surface area contributed by atoms with E-state index in [1.807, 2.05) is 6.92 Å². The maximum atomic E-state index is 11.6. The lowest BCUT2D eigenvalue weighted by molar-refractivity contribution is -0.142. The molecule has 116 valence electrons. The number of carboxylic acids is 2. The summed E-state index contributed by atoms with van der Waals surface area (Å²) in [5.41, 5.74) is 5.41. The van der Waals surface area contributed by atoms with Crippen LogP contribution in [0.4, 0.5) is 0 Å². The number of hydrogen-bond donors (Lipinski definition) is 4. The summed E-state index contributed by atoms with van der Waals surface area (Å²) >= 11 is 0. The van der Waals surface area contributed by atoms with Gasteiger partial charge in [-0.15, -0.1) is 0 Å². The third-order valence-corrected chi connectivity index (χ3v) is 3.04. The van der Waals surface area contributed by atoms with Gasteiger partial charge in [0.25, 0.3) is 0 Å². The van der Waals surface area contributed by atoms with Gasteiger partial charge in [0, 0.05) is 12.8 Å². The number of hydrogen-bond acceptors (Lipinski definition) is 4. The van der Waals surface area contributed by atoms with E-state index in [-0.39, 0.29) is 31.6 Å². The van der Waals surface area contributed by atoms with E-state index in [1.54, 1.807) is 0 Å². The molecule has 0 spiro atoms. The average molecular weight is 288 g/mol. The highest BCUT2D eigenvalue weighted by Crippen LogP contribution is 2.09. The van der Waals surface area contributed by atoms with Crippen molar-refractivity contribution in [3.05, 3.63) is 0 Å². The second-order valence-corrected chi connectivity index (χ2v) is 4.97. The number of rotatable bonds is 11. The Balaban J connectivity index is 4.07. The van der Waals surface area contributed by atoms with Crippen LogP contribution in [0.5, 0.6) is 0 Å². The molecule has 5 N–H and O–H groups in total. The highest BCUT2D eigenvalue weighted by Gasteiger charge is 2.20. The first-order valence-electron chi connectivity index (χ1n) is 6.80. The van der Waals surface area contributed by atoms with Crippen LogP contribution >= 0.6 is 0 Å². The molecule has 0 aliphatic rings. The lowest BCUT2D eigenvalue weighted by Gasteiger charge is -2.15. The highest BCUT2D eigenvalue weighted by atomic mass is 16.4. The van der Waals surface area contributed by atoms with Crippen molar-refractivity contribution in [2.75, 3.05) is 6.54 Å². The number of nitrogens with one attached hydrogen (secondary N) is 1. The molecule has 1 unspecified atom stereocenters. The van der Waals surface area contributed by atoms with Crippen LogP contribution in [-0.4, -0.2) is 40.6 Å². The summed E-state index contributed by atoms with van der Waals surface area (Å²) in [4.78, 5) is 33.0. The molecule has 0 saturated carbocycles. The van der Waals surface area contributed by atoms with Crippen LogP contribution in [0, 0.1) is 5.92 Å². The van der Waals surface area contributed by atoms with Gasteiger partial charge in [-0.1, -0.05) is 6.92 Å². The SMILES string of the molecule is CC(CCN)CCC(=O)N[C@H](CCCC(=O)O)C(=O)O. The van der Waals surface area contributed by atoms with Crippen molar-refractivity contribution in [3.8, 4) is 0 Å². The molecular formula is C13H24N2O5. The van der Waals surface area contributed by atoms with E-state index in [2.05, 4.69) is 5.32 Å². The molecule has 0 aromatic carbocycles. The van der Waals surface area contributed by atoms with E-state index >= 15 is 0 Å². The highest BCUT2D eigenvalue weighted by molar-refractivity contribution is 5.83. The first-order valence-corrected chi connectivity index (χ1v) is 6.80. The Bertz CT molecular complexity index is 333. The van der Waals surface area contributed by atoms with E-state index in [1.165, 1.54) is 0 Å². The van der Waals surface area contributed by atoms with E-state index in [0.29, 0.717) is 18.9 Å². The van der Waals surface area contributed by atoms with Crippen LogP contribution in [-0.2, 0) is 14.4 Å². The molecule has 7 heteroatoms. The van der Waals surface area contributed by atoms with Crippen molar-refractivity contribution in [2.45, 2.75) is 51.5 Å². The van der Waals surface area contributed by atoms with Crippen LogP contribution in [0.1, 0.15) is 45.4 Å². The number of carboxylic acid groups (broad SMARTS) is 2. The summed E-state index contributed by atoms with van der Waals surface area (Å²) in [5.74, 6) is -2.12. The minimum Gasteiger partial charge on any atom is -0.481 e. The Hall–Kier alpha value is -1.63. The Labute approximate surface area is 118 Å². The van der Waals surface area contributed by atoms with Gasteiger partial charge in [-0.25, -0.2) is 4.79 Å². The Kier molecular flexibility index (Phi) is 9.36. The minimum absolute atomic E-state index is 0.104. The molecule has 0 saturated heterocycles. The van der Waals surface area contributed by atoms with Crippen LogP contribution in [0.15, 0.2) is 0 Å².